The number of carbonyl (C=O) groups is 1. The largest absolute Gasteiger partial charge is 0.298 e. The van der Waals surface area contributed by atoms with Crippen LogP contribution >= 0.6 is 0 Å². The standard InChI is InChI=1S/C16H20FNO/c1-2-3-4-5-6-7-16(19)15(12-18)13-8-10-14(17)11-9-13/h8-11,15H,2-7H2,1H3. The van der Waals surface area contributed by atoms with E-state index in [1.807, 2.05) is 6.07 Å². The van der Waals surface area contributed by atoms with Gasteiger partial charge in [0.15, 0.2) is 5.78 Å². The second-order valence-electron chi connectivity index (χ2n) is 4.74. The van der Waals surface area contributed by atoms with Crippen molar-refractivity contribution in [3.8, 4) is 6.07 Å². The molecule has 0 aliphatic carbocycles. The normalized spacial score (nSPS) is 11.8. The van der Waals surface area contributed by atoms with Crippen LogP contribution in [0.3, 0.4) is 0 Å². The summed E-state index contributed by atoms with van der Waals surface area (Å²) in [6, 6.07) is 7.61. The maximum absolute atomic E-state index is 12.8. The van der Waals surface area contributed by atoms with E-state index in [4.69, 9.17) is 5.26 Å². The highest BCUT2D eigenvalue weighted by molar-refractivity contribution is 5.88. The van der Waals surface area contributed by atoms with Crippen LogP contribution in [0.25, 0.3) is 0 Å². The van der Waals surface area contributed by atoms with Crippen LogP contribution < -0.4 is 0 Å². The van der Waals surface area contributed by atoms with Crippen LogP contribution in [-0.4, -0.2) is 5.78 Å². The number of nitrogens with zero attached hydrogens (tertiary/aromatic N) is 1. The van der Waals surface area contributed by atoms with Crippen molar-refractivity contribution in [3.05, 3.63) is 35.6 Å². The van der Waals surface area contributed by atoms with Gasteiger partial charge in [-0.1, -0.05) is 44.7 Å². The van der Waals surface area contributed by atoms with Gasteiger partial charge in [0.2, 0.25) is 0 Å². The molecule has 3 heteroatoms. The number of halogens is 1. The molecule has 0 fully saturated rings. The maximum atomic E-state index is 12.8. The lowest BCUT2D eigenvalue weighted by Gasteiger charge is -2.08. The fourth-order valence-corrected chi connectivity index (χ4v) is 2.03. The Morgan fingerprint density at radius 2 is 1.84 bits per heavy atom. The lowest BCUT2D eigenvalue weighted by Crippen LogP contribution is -2.10. The molecule has 1 unspecified atom stereocenters. The van der Waals surface area contributed by atoms with E-state index in [-0.39, 0.29) is 11.6 Å². The predicted octanol–water partition coefficient (Wildman–Crippen LogP) is 4.36. The monoisotopic (exact) mass is 261 g/mol. The van der Waals surface area contributed by atoms with Crippen LogP contribution in [0.1, 0.15) is 56.9 Å². The molecule has 102 valence electrons. The Hall–Kier alpha value is -1.69. The predicted molar refractivity (Wildman–Crippen MR) is 73.1 cm³/mol. The quantitative estimate of drug-likeness (QED) is 0.652. The highest BCUT2D eigenvalue weighted by Crippen LogP contribution is 2.19. The Balaban J connectivity index is 2.49. The van der Waals surface area contributed by atoms with Crippen LogP contribution in [0.2, 0.25) is 0 Å². The summed E-state index contributed by atoms with van der Waals surface area (Å²) in [4.78, 5) is 12.0. The molecule has 1 atom stereocenters. The van der Waals surface area contributed by atoms with E-state index >= 15 is 0 Å². The highest BCUT2D eigenvalue weighted by Gasteiger charge is 2.19. The van der Waals surface area contributed by atoms with Gasteiger partial charge in [-0.25, -0.2) is 4.39 Å². The summed E-state index contributed by atoms with van der Waals surface area (Å²) < 4.78 is 12.8. The molecule has 2 nitrogen and oxygen atoms in total. The second kappa shape index (κ2) is 8.42. The SMILES string of the molecule is CCCCCCCC(=O)C(C#N)c1ccc(F)cc1. The van der Waals surface area contributed by atoms with Crippen molar-refractivity contribution < 1.29 is 9.18 Å². The van der Waals surface area contributed by atoms with Crippen molar-refractivity contribution >= 4 is 5.78 Å². The lowest BCUT2D eigenvalue weighted by molar-refractivity contribution is -0.119. The summed E-state index contributed by atoms with van der Waals surface area (Å²) in [6.45, 7) is 2.14. The number of hydrogen-bond acceptors (Lipinski definition) is 2. The van der Waals surface area contributed by atoms with Gasteiger partial charge in [0.05, 0.1) is 6.07 Å². The number of carbonyl (C=O) groups excluding carboxylic acids is 1. The zero-order valence-corrected chi connectivity index (χ0v) is 11.4. The Kier molecular flexibility index (Phi) is 6.81. The van der Waals surface area contributed by atoms with Gasteiger partial charge in [-0.3, -0.25) is 4.79 Å². The molecular formula is C16H20FNO. The van der Waals surface area contributed by atoms with E-state index in [0.29, 0.717) is 12.0 Å². The zero-order chi connectivity index (χ0) is 14.1. The third-order valence-electron chi connectivity index (χ3n) is 3.18. The molecule has 0 spiro atoms. The summed E-state index contributed by atoms with van der Waals surface area (Å²) in [7, 11) is 0. The van der Waals surface area contributed by atoms with E-state index in [9.17, 15) is 9.18 Å². The molecule has 0 aliphatic heterocycles. The molecular weight excluding hydrogens is 241 g/mol. The van der Waals surface area contributed by atoms with Crippen molar-refractivity contribution in [2.45, 2.75) is 51.4 Å². The van der Waals surface area contributed by atoms with Crippen LogP contribution in [0, 0.1) is 17.1 Å². The molecule has 1 aromatic carbocycles. The molecule has 0 amide bonds. The van der Waals surface area contributed by atoms with Gasteiger partial charge >= 0.3 is 0 Å². The zero-order valence-electron chi connectivity index (χ0n) is 11.4. The van der Waals surface area contributed by atoms with Crippen molar-refractivity contribution in [2.24, 2.45) is 0 Å². The average molecular weight is 261 g/mol. The van der Waals surface area contributed by atoms with Gasteiger partial charge in [-0.2, -0.15) is 5.26 Å². The molecule has 0 heterocycles. The first-order chi connectivity index (χ1) is 9.19. The number of benzene rings is 1. The van der Waals surface area contributed by atoms with Crippen LogP contribution in [0.5, 0.6) is 0 Å². The Morgan fingerprint density at radius 1 is 1.21 bits per heavy atom. The van der Waals surface area contributed by atoms with Crippen LogP contribution in [-0.2, 0) is 4.79 Å². The smallest absolute Gasteiger partial charge is 0.154 e. The average Bonchev–Trinajstić information content (AvgIpc) is 2.41. The van der Waals surface area contributed by atoms with E-state index in [1.165, 1.54) is 37.1 Å². The third kappa shape index (κ3) is 5.21. The van der Waals surface area contributed by atoms with Crippen molar-refractivity contribution in [1.29, 1.82) is 5.26 Å². The third-order valence-corrected chi connectivity index (χ3v) is 3.18. The molecule has 0 aromatic heterocycles. The van der Waals surface area contributed by atoms with Crippen LogP contribution in [0.15, 0.2) is 24.3 Å². The Bertz CT molecular complexity index is 433. The van der Waals surface area contributed by atoms with Crippen molar-refractivity contribution in [1.82, 2.24) is 0 Å². The molecule has 0 saturated carbocycles. The van der Waals surface area contributed by atoms with E-state index in [1.54, 1.807) is 0 Å². The van der Waals surface area contributed by atoms with Crippen LogP contribution in [0.4, 0.5) is 4.39 Å². The number of nitriles is 1. The van der Waals surface area contributed by atoms with E-state index in [2.05, 4.69) is 6.92 Å². The van der Waals surface area contributed by atoms with Crippen molar-refractivity contribution in [3.63, 3.8) is 0 Å². The fourth-order valence-electron chi connectivity index (χ4n) is 2.03. The first-order valence-corrected chi connectivity index (χ1v) is 6.86. The van der Waals surface area contributed by atoms with Gasteiger partial charge in [0.1, 0.15) is 11.7 Å². The molecule has 0 radical (unpaired) electrons. The number of unbranched alkanes of at least 4 members (excludes halogenated alkanes) is 4. The first-order valence-electron chi connectivity index (χ1n) is 6.86. The number of rotatable bonds is 8. The summed E-state index contributed by atoms with van der Waals surface area (Å²) in [5, 5.41) is 9.10. The minimum absolute atomic E-state index is 0.0643. The molecule has 0 saturated heterocycles. The molecule has 19 heavy (non-hydrogen) atoms. The lowest BCUT2D eigenvalue weighted by atomic mass is 9.93. The number of ketones is 1. The Labute approximate surface area is 114 Å². The molecule has 0 N–H and O–H groups in total. The summed E-state index contributed by atoms with van der Waals surface area (Å²) >= 11 is 0. The van der Waals surface area contributed by atoms with Gasteiger partial charge in [-0.15, -0.1) is 0 Å². The molecule has 1 rings (SSSR count). The van der Waals surface area contributed by atoms with Gasteiger partial charge < -0.3 is 0 Å². The molecule has 1 aromatic rings. The topological polar surface area (TPSA) is 40.9 Å². The second-order valence-corrected chi connectivity index (χ2v) is 4.74. The van der Waals surface area contributed by atoms with Gasteiger partial charge in [-0.05, 0) is 24.1 Å². The number of hydrogen-bond donors (Lipinski definition) is 0. The van der Waals surface area contributed by atoms with E-state index < -0.39 is 5.92 Å². The summed E-state index contributed by atoms with van der Waals surface area (Å²) in [5.74, 6) is -1.18. The number of Topliss-reactive ketones (excluding diaryl/α,β-unsaturated/α-hetero) is 1. The summed E-state index contributed by atoms with van der Waals surface area (Å²) in [5.41, 5.74) is 0.586. The summed E-state index contributed by atoms with van der Waals surface area (Å²) in [6.07, 6.45) is 5.79. The Morgan fingerprint density at radius 3 is 2.42 bits per heavy atom. The molecule has 0 aliphatic rings. The minimum atomic E-state index is -0.758. The van der Waals surface area contributed by atoms with Gasteiger partial charge in [0, 0.05) is 6.42 Å². The highest BCUT2D eigenvalue weighted by atomic mass is 19.1. The van der Waals surface area contributed by atoms with E-state index in [0.717, 1.165) is 19.3 Å². The maximum Gasteiger partial charge on any atom is 0.154 e. The van der Waals surface area contributed by atoms with Gasteiger partial charge in [0.25, 0.3) is 0 Å². The first kappa shape index (κ1) is 15.4. The minimum Gasteiger partial charge on any atom is -0.298 e. The fraction of sp³-hybridized carbons (Fsp3) is 0.500. The molecule has 0 bridgehead atoms. The van der Waals surface area contributed by atoms with Crippen molar-refractivity contribution in [2.75, 3.05) is 0 Å².